The number of rotatable bonds is 2. The fraction of sp³-hybridized carbons (Fsp3) is 0.0909. The summed E-state index contributed by atoms with van der Waals surface area (Å²) in [7, 11) is 0. The van der Waals surface area contributed by atoms with Crippen LogP contribution >= 0.6 is 11.6 Å². The van der Waals surface area contributed by atoms with Crippen molar-refractivity contribution in [3.05, 3.63) is 51.4 Å². The maximum atomic E-state index is 12.9. The van der Waals surface area contributed by atoms with E-state index in [0.717, 1.165) is 30.6 Å². The molecule has 2 rings (SSSR count). The summed E-state index contributed by atoms with van der Waals surface area (Å²) in [5, 5.41) is 10.4. The highest BCUT2D eigenvalue weighted by atomic mass is 35.5. The molecule has 0 radical (unpaired) electrons. The molecule has 0 saturated heterocycles. The quantitative estimate of drug-likeness (QED) is 0.481. The number of nitro groups is 1. The molecule has 104 valence electrons. The van der Waals surface area contributed by atoms with Gasteiger partial charge in [0.1, 0.15) is 5.15 Å². The lowest BCUT2D eigenvalue weighted by Gasteiger charge is -2.11. The molecule has 0 amide bonds. The molecule has 0 aromatic carbocycles. The molecule has 9 heteroatoms. The summed E-state index contributed by atoms with van der Waals surface area (Å²) < 4.78 is 38.6. The molecule has 2 heterocycles. The number of alkyl halides is 3. The van der Waals surface area contributed by atoms with Crippen molar-refractivity contribution in [3.8, 4) is 11.3 Å². The number of nitrogens with zero attached hydrogens (tertiary/aromatic N) is 3. The third-order valence-corrected chi connectivity index (χ3v) is 2.59. The zero-order valence-corrected chi connectivity index (χ0v) is 10.3. The zero-order chi connectivity index (χ0) is 14.9. The van der Waals surface area contributed by atoms with Gasteiger partial charge in [-0.3, -0.25) is 15.1 Å². The zero-order valence-electron chi connectivity index (χ0n) is 9.56. The second-order valence-electron chi connectivity index (χ2n) is 3.71. The Labute approximate surface area is 115 Å². The van der Waals surface area contributed by atoms with Crippen molar-refractivity contribution in [1.29, 1.82) is 0 Å². The molecule has 0 bridgehead atoms. The minimum absolute atomic E-state index is 0.260. The number of halogens is 4. The van der Waals surface area contributed by atoms with Crippen molar-refractivity contribution < 1.29 is 18.1 Å². The maximum absolute atomic E-state index is 12.9. The van der Waals surface area contributed by atoms with E-state index < -0.39 is 22.4 Å². The highest BCUT2D eigenvalue weighted by molar-refractivity contribution is 6.29. The molecule has 2 aromatic rings. The van der Waals surface area contributed by atoms with Crippen LogP contribution in [-0.2, 0) is 6.18 Å². The van der Waals surface area contributed by atoms with E-state index in [1.54, 1.807) is 0 Å². The molecule has 2 aromatic heterocycles. The molecular weight excluding hydrogens is 299 g/mol. The molecule has 0 N–H and O–H groups in total. The van der Waals surface area contributed by atoms with E-state index in [-0.39, 0.29) is 16.4 Å². The fourth-order valence-electron chi connectivity index (χ4n) is 1.57. The third-order valence-electron chi connectivity index (χ3n) is 2.39. The molecule has 0 unspecified atom stereocenters. The van der Waals surface area contributed by atoms with Crippen molar-refractivity contribution in [3.63, 3.8) is 0 Å². The summed E-state index contributed by atoms with van der Waals surface area (Å²) >= 11 is 5.59. The Morgan fingerprint density at radius 1 is 1.30 bits per heavy atom. The Morgan fingerprint density at radius 2 is 2.00 bits per heavy atom. The van der Waals surface area contributed by atoms with Gasteiger partial charge in [-0.2, -0.15) is 13.2 Å². The monoisotopic (exact) mass is 303 g/mol. The van der Waals surface area contributed by atoms with E-state index in [1.165, 1.54) is 0 Å². The Kier molecular flexibility index (Phi) is 3.58. The molecule has 0 aliphatic carbocycles. The number of pyridine rings is 2. The molecule has 0 fully saturated rings. The van der Waals surface area contributed by atoms with E-state index in [2.05, 4.69) is 9.97 Å². The van der Waals surface area contributed by atoms with Gasteiger partial charge >= 0.3 is 6.18 Å². The molecule has 5 nitrogen and oxygen atoms in total. The van der Waals surface area contributed by atoms with E-state index >= 15 is 0 Å². The molecule has 20 heavy (non-hydrogen) atoms. The first-order chi connectivity index (χ1) is 9.29. The lowest BCUT2D eigenvalue weighted by Crippen LogP contribution is -2.08. The number of hydrogen-bond donors (Lipinski definition) is 0. The van der Waals surface area contributed by atoms with Gasteiger partial charge in [-0.05, 0) is 6.07 Å². The second kappa shape index (κ2) is 5.04. The van der Waals surface area contributed by atoms with Crippen LogP contribution in [0.5, 0.6) is 0 Å². The van der Waals surface area contributed by atoms with Crippen LogP contribution in [0.15, 0.2) is 30.6 Å². The number of aromatic nitrogens is 2. The van der Waals surface area contributed by atoms with Gasteiger partial charge in [0, 0.05) is 24.0 Å². The van der Waals surface area contributed by atoms with Crippen LogP contribution in [0.3, 0.4) is 0 Å². The van der Waals surface area contributed by atoms with Crippen LogP contribution in [0, 0.1) is 10.1 Å². The molecule has 0 aliphatic heterocycles. The average molecular weight is 304 g/mol. The van der Waals surface area contributed by atoms with Crippen molar-refractivity contribution >= 4 is 17.3 Å². The number of hydrogen-bond acceptors (Lipinski definition) is 4. The Balaban J connectivity index is 2.66. The summed E-state index contributed by atoms with van der Waals surface area (Å²) in [6.07, 6.45) is -2.71. The van der Waals surface area contributed by atoms with E-state index in [1.807, 2.05) is 0 Å². The van der Waals surface area contributed by atoms with Crippen molar-refractivity contribution in [2.24, 2.45) is 0 Å². The van der Waals surface area contributed by atoms with Crippen LogP contribution in [0.4, 0.5) is 18.9 Å². The first-order valence-corrected chi connectivity index (χ1v) is 5.50. The Hall–Kier alpha value is -2.22. The molecule has 0 atom stereocenters. The Morgan fingerprint density at radius 3 is 2.60 bits per heavy atom. The summed E-state index contributed by atoms with van der Waals surface area (Å²) in [5.74, 6) is 0. The summed E-state index contributed by atoms with van der Waals surface area (Å²) in [6, 6.07) is 2.64. The summed E-state index contributed by atoms with van der Waals surface area (Å²) in [4.78, 5) is 17.2. The van der Waals surface area contributed by atoms with Gasteiger partial charge in [0.2, 0.25) is 0 Å². The lowest BCUT2D eigenvalue weighted by atomic mass is 10.1. The standard InChI is InChI=1S/C11H5ClF3N3O2/c12-10-4-6(18(19)20)3-9(17-10)7-5-16-2-1-8(7)11(13,14)15/h1-5H. The molecule has 0 aliphatic rings. The second-order valence-corrected chi connectivity index (χ2v) is 4.10. The van der Waals surface area contributed by atoms with Crippen molar-refractivity contribution in [2.75, 3.05) is 0 Å². The SMILES string of the molecule is O=[N+]([O-])c1cc(Cl)nc(-c2cnccc2C(F)(F)F)c1. The predicted octanol–water partition coefficient (Wildman–Crippen LogP) is 3.72. The van der Waals surface area contributed by atoms with Crippen LogP contribution in [0.2, 0.25) is 5.15 Å². The third kappa shape index (κ3) is 2.85. The molecule has 0 saturated carbocycles. The average Bonchev–Trinajstić information content (AvgIpc) is 2.37. The largest absolute Gasteiger partial charge is 0.417 e. The van der Waals surface area contributed by atoms with Crippen LogP contribution in [-0.4, -0.2) is 14.9 Å². The van der Waals surface area contributed by atoms with Crippen molar-refractivity contribution in [2.45, 2.75) is 6.18 Å². The fourth-order valence-corrected chi connectivity index (χ4v) is 1.78. The first kappa shape index (κ1) is 14.2. The van der Waals surface area contributed by atoms with Crippen LogP contribution < -0.4 is 0 Å². The van der Waals surface area contributed by atoms with Crippen LogP contribution in [0.25, 0.3) is 11.3 Å². The van der Waals surface area contributed by atoms with Gasteiger partial charge in [0.05, 0.1) is 22.2 Å². The van der Waals surface area contributed by atoms with Gasteiger partial charge in [-0.25, -0.2) is 4.98 Å². The van der Waals surface area contributed by atoms with Gasteiger partial charge < -0.3 is 0 Å². The highest BCUT2D eigenvalue weighted by Gasteiger charge is 2.34. The van der Waals surface area contributed by atoms with Gasteiger partial charge in [-0.1, -0.05) is 11.6 Å². The van der Waals surface area contributed by atoms with Gasteiger partial charge in [0.15, 0.2) is 0 Å². The highest BCUT2D eigenvalue weighted by Crippen LogP contribution is 2.37. The topological polar surface area (TPSA) is 68.9 Å². The van der Waals surface area contributed by atoms with Gasteiger partial charge in [0.25, 0.3) is 5.69 Å². The molecule has 0 spiro atoms. The minimum atomic E-state index is -4.63. The smallest absolute Gasteiger partial charge is 0.264 e. The van der Waals surface area contributed by atoms with Crippen LogP contribution in [0.1, 0.15) is 5.56 Å². The predicted molar refractivity (Wildman–Crippen MR) is 64.1 cm³/mol. The van der Waals surface area contributed by atoms with Crippen molar-refractivity contribution in [1.82, 2.24) is 9.97 Å². The van der Waals surface area contributed by atoms with E-state index in [9.17, 15) is 23.3 Å². The lowest BCUT2D eigenvalue weighted by molar-refractivity contribution is -0.384. The normalized spacial score (nSPS) is 11.4. The first-order valence-electron chi connectivity index (χ1n) is 5.12. The minimum Gasteiger partial charge on any atom is -0.264 e. The van der Waals surface area contributed by atoms with Gasteiger partial charge in [-0.15, -0.1) is 0 Å². The summed E-state index contributed by atoms with van der Waals surface area (Å²) in [5.41, 5.74) is -2.07. The van der Waals surface area contributed by atoms with E-state index in [0.29, 0.717) is 0 Å². The summed E-state index contributed by atoms with van der Waals surface area (Å²) in [6.45, 7) is 0. The van der Waals surface area contributed by atoms with E-state index in [4.69, 9.17) is 11.6 Å². The molecular formula is C11H5ClF3N3O2. The maximum Gasteiger partial charge on any atom is 0.417 e. The Bertz CT molecular complexity index is 676.